The van der Waals surface area contributed by atoms with Crippen LogP contribution in [0.15, 0.2) is 60.9 Å². The summed E-state index contributed by atoms with van der Waals surface area (Å²) in [4.78, 5) is 13.6. The van der Waals surface area contributed by atoms with E-state index in [0.29, 0.717) is 11.3 Å². The van der Waals surface area contributed by atoms with Gasteiger partial charge in [-0.25, -0.2) is 19.0 Å². The third-order valence-corrected chi connectivity index (χ3v) is 5.41. The summed E-state index contributed by atoms with van der Waals surface area (Å²) in [5, 5.41) is 8.24. The van der Waals surface area contributed by atoms with E-state index in [1.165, 1.54) is 6.07 Å². The summed E-state index contributed by atoms with van der Waals surface area (Å²) in [6, 6.07) is 14.3. The molecule has 0 saturated heterocycles. The third-order valence-electron chi connectivity index (χ3n) is 5.41. The van der Waals surface area contributed by atoms with Gasteiger partial charge in [0.15, 0.2) is 5.65 Å². The van der Waals surface area contributed by atoms with Crippen molar-refractivity contribution < 1.29 is 4.39 Å². The van der Waals surface area contributed by atoms with E-state index in [-0.39, 0.29) is 5.82 Å². The number of pyridine rings is 2. The zero-order chi connectivity index (χ0) is 21.5. The predicted molar refractivity (Wildman–Crippen MR) is 115 cm³/mol. The van der Waals surface area contributed by atoms with Crippen LogP contribution >= 0.6 is 0 Å². The number of imidazole rings is 1. The first-order chi connectivity index (χ1) is 15.0. The normalized spacial score (nSPS) is 12.4. The summed E-state index contributed by atoms with van der Waals surface area (Å²) in [6.45, 7) is 3.81. The van der Waals surface area contributed by atoms with Gasteiger partial charge in [0.25, 0.3) is 0 Å². The highest BCUT2D eigenvalue weighted by molar-refractivity contribution is 5.79. The molecule has 1 atom stereocenters. The van der Waals surface area contributed by atoms with Gasteiger partial charge in [0.2, 0.25) is 0 Å². The molecule has 5 aromatic rings. The van der Waals surface area contributed by atoms with Crippen LogP contribution in [-0.4, -0.2) is 34.5 Å². The number of halogens is 1. The lowest BCUT2D eigenvalue weighted by Gasteiger charge is -2.22. The Hall–Kier alpha value is -3.94. The minimum Gasteiger partial charge on any atom is -0.313 e. The minimum absolute atomic E-state index is 0.333. The largest absolute Gasteiger partial charge is 0.313 e. The molecule has 7 nitrogen and oxygen atoms in total. The average Bonchev–Trinajstić information content (AvgIpc) is 3.28. The SMILES string of the molecule is Cc1nnn(C)c1-c1cnc2nc(C)n([C@H](c3ccccc3)c3ncccc3F)c2c1. The van der Waals surface area contributed by atoms with E-state index < -0.39 is 6.04 Å². The van der Waals surface area contributed by atoms with E-state index in [1.807, 2.05) is 61.9 Å². The number of fused-ring (bicyclic) bond motifs is 1. The Labute approximate surface area is 178 Å². The predicted octanol–water partition coefficient (Wildman–Crippen LogP) is 4.02. The van der Waals surface area contributed by atoms with Crippen molar-refractivity contribution in [3.63, 3.8) is 0 Å². The van der Waals surface area contributed by atoms with Gasteiger partial charge in [-0.2, -0.15) is 0 Å². The summed E-state index contributed by atoms with van der Waals surface area (Å²) in [5.41, 5.74) is 5.17. The number of nitrogens with zero attached hydrogens (tertiary/aromatic N) is 7. The van der Waals surface area contributed by atoms with E-state index in [9.17, 15) is 4.39 Å². The quantitative estimate of drug-likeness (QED) is 0.445. The maximum absolute atomic E-state index is 14.9. The van der Waals surface area contributed by atoms with Crippen LogP contribution in [0.4, 0.5) is 4.39 Å². The van der Waals surface area contributed by atoms with Crippen molar-refractivity contribution in [3.8, 4) is 11.3 Å². The Kier molecular flexibility index (Phi) is 4.54. The van der Waals surface area contributed by atoms with E-state index >= 15 is 0 Å². The van der Waals surface area contributed by atoms with Crippen LogP contribution in [0, 0.1) is 19.7 Å². The number of aromatic nitrogens is 7. The van der Waals surface area contributed by atoms with Crippen molar-refractivity contribution >= 4 is 11.2 Å². The number of benzene rings is 1. The van der Waals surface area contributed by atoms with Crippen molar-refractivity contribution in [2.75, 3.05) is 0 Å². The number of hydrogen-bond donors (Lipinski definition) is 0. The Morgan fingerprint density at radius 3 is 2.52 bits per heavy atom. The molecular formula is C23H20FN7. The van der Waals surface area contributed by atoms with Crippen molar-refractivity contribution in [2.45, 2.75) is 19.9 Å². The molecule has 0 radical (unpaired) electrons. The van der Waals surface area contributed by atoms with Gasteiger partial charge in [0.05, 0.1) is 16.9 Å². The molecule has 0 amide bonds. The maximum atomic E-state index is 14.9. The molecule has 4 heterocycles. The number of aryl methyl sites for hydroxylation is 3. The first-order valence-corrected chi connectivity index (χ1v) is 9.91. The standard InChI is InChI=1S/C23H20FN7/c1-14-21(30(3)29-28-14)17-12-19-23(26-13-17)27-15(2)31(19)22(16-8-5-4-6-9-16)20-18(24)10-7-11-25-20/h4-13,22H,1-3H3/t22-/m1/s1. The zero-order valence-corrected chi connectivity index (χ0v) is 17.4. The molecule has 8 heteroatoms. The van der Waals surface area contributed by atoms with Gasteiger partial charge in [0.1, 0.15) is 23.4 Å². The molecule has 0 unspecified atom stereocenters. The van der Waals surface area contributed by atoms with Crippen LogP contribution in [0.3, 0.4) is 0 Å². The lowest BCUT2D eigenvalue weighted by atomic mass is 10.0. The van der Waals surface area contributed by atoms with Gasteiger partial charge in [-0.15, -0.1) is 5.10 Å². The molecule has 0 fully saturated rings. The molecule has 0 bridgehead atoms. The van der Waals surface area contributed by atoms with Gasteiger partial charge in [-0.1, -0.05) is 35.5 Å². The minimum atomic E-state index is -0.491. The monoisotopic (exact) mass is 413 g/mol. The fourth-order valence-corrected chi connectivity index (χ4v) is 4.07. The highest BCUT2D eigenvalue weighted by atomic mass is 19.1. The molecule has 1 aromatic carbocycles. The van der Waals surface area contributed by atoms with E-state index in [2.05, 4.69) is 25.3 Å². The lowest BCUT2D eigenvalue weighted by Crippen LogP contribution is -2.17. The lowest BCUT2D eigenvalue weighted by molar-refractivity contribution is 0.556. The van der Waals surface area contributed by atoms with Crippen LogP contribution in [0.2, 0.25) is 0 Å². The van der Waals surface area contributed by atoms with E-state index in [0.717, 1.165) is 33.9 Å². The molecule has 0 N–H and O–H groups in total. The highest BCUT2D eigenvalue weighted by Crippen LogP contribution is 2.33. The van der Waals surface area contributed by atoms with E-state index in [4.69, 9.17) is 0 Å². The Balaban J connectivity index is 1.79. The second-order valence-electron chi connectivity index (χ2n) is 7.43. The maximum Gasteiger partial charge on any atom is 0.177 e. The van der Waals surface area contributed by atoms with Crippen molar-refractivity contribution in [3.05, 3.63) is 89.5 Å². The summed E-state index contributed by atoms with van der Waals surface area (Å²) in [5.74, 6) is 0.354. The van der Waals surface area contributed by atoms with Crippen LogP contribution in [0.1, 0.15) is 28.8 Å². The van der Waals surface area contributed by atoms with Gasteiger partial charge in [0, 0.05) is 25.0 Å². The molecule has 0 aliphatic carbocycles. The second kappa shape index (κ2) is 7.39. The van der Waals surface area contributed by atoms with Crippen LogP contribution in [0.25, 0.3) is 22.4 Å². The number of hydrogen-bond acceptors (Lipinski definition) is 5. The Bertz CT molecular complexity index is 1370. The molecule has 0 aliphatic rings. The molecule has 4 aromatic heterocycles. The summed E-state index contributed by atoms with van der Waals surface area (Å²) in [6.07, 6.45) is 3.38. The first-order valence-electron chi connectivity index (χ1n) is 9.91. The van der Waals surface area contributed by atoms with Crippen LogP contribution < -0.4 is 0 Å². The van der Waals surface area contributed by atoms with Crippen molar-refractivity contribution in [1.82, 2.24) is 34.5 Å². The highest BCUT2D eigenvalue weighted by Gasteiger charge is 2.26. The topological polar surface area (TPSA) is 74.3 Å². The molecule has 154 valence electrons. The fraction of sp³-hybridized carbons (Fsp3) is 0.174. The van der Waals surface area contributed by atoms with Gasteiger partial charge in [-0.05, 0) is 37.6 Å². The Morgan fingerprint density at radius 1 is 1.00 bits per heavy atom. The first kappa shape index (κ1) is 19.0. The third kappa shape index (κ3) is 3.16. The summed E-state index contributed by atoms with van der Waals surface area (Å²) >= 11 is 0. The van der Waals surface area contributed by atoms with Gasteiger partial charge >= 0.3 is 0 Å². The fourth-order valence-electron chi connectivity index (χ4n) is 4.07. The summed E-state index contributed by atoms with van der Waals surface area (Å²) in [7, 11) is 1.85. The van der Waals surface area contributed by atoms with Crippen LogP contribution in [0.5, 0.6) is 0 Å². The average molecular weight is 413 g/mol. The zero-order valence-electron chi connectivity index (χ0n) is 17.4. The molecule has 0 spiro atoms. The molecule has 0 saturated carbocycles. The molecule has 0 aliphatic heterocycles. The number of rotatable bonds is 4. The van der Waals surface area contributed by atoms with E-state index in [1.54, 1.807) is 23.1 Å². The molecular weight excluding hydrogens is 393 g/mol. The van der Waals surface area contributed by atoms with Gasteiger partial charge in [-0.3, -0.25) is 4.98 Å². The van der Waals surface area contributed by atoms with Gasteiger partial charge < -0.3 is 4.57 Å². The van der Waals surface area contributed by atoms with Crippen LogP contribution in [-0.2, 0) is 7.05 Å². The molecule has 5 rings (SSSR count). The van der Waals surface area contributed by atoms with Crippen molar-refractivity contribution in [2.24, 2.45) is 7.05 Å². The van der Waals surface area contributed by atoms with Crippen molar-refractivity contribution in [1.29, 1.82) is 0 Å². The smallest absolute Gasteiger partial charge is 0.177 e. The molecule has 31 heavy (non-hydrogen) atoms. The summed E-state index contributed by atoms with van der Waals surface area (Å²) < 4.78 is 18.6. The second-order valence-corrected chi connectivity index (χ2v) is 7.43. The Morgan fingerprint density at radius 2 is 1.81 bits per heavy atom.